The second-order valence-electron chi connectivity index (χ2n) is 4.71. The Morgan fingerprint density at radius 3 is 2.94 bits per heavy atom. The Balaban J connectivity index is 1.72. The Labute approximate surface area is 112 Å². The molecule has 0 unspecified atom stereocenters. The molecule has 0 amide bonds. The van der Waals surface area contributed by atoms with Crippen LogP contribution in [0, 0.1) is 13.8 Å². The molecule has 0 bridgehead atoms. The van der Waals surface area contributed by atoms with Crippen molar-refractivity contribution in [2.45, 2.75) is 26.8 Å². The van der Waals surface area contributed by atoms with Crippen LogP contribution in [0.4, 0.5) is 5.69 Å². The van der Waals surface area contributed by atoms with E-state index >= 15 is 0 Å². The first-order valence-electron chi connectivity index (χ1n) is 6.28. The predicted molar refractivity (Wildman–Crippen MR) is 76.8 cm³/mol. The first-order chi connectivity index (χ1) is 8.72. The zero-order valence-corrected chi connectivity index (χ0v) is 11.6. The molecule has 2 nitrogen and oxygen atoms in total. The lowest BCUT2D eigenvalue weighted by molar-refractivity contribution is 0.357. The van der Waals surface area contributed by atoms with E-state index in [-0.39, 0.29) is 0 Å². The van der Waals surface area contributed by atoms with Crippen LogP contribution in [0.15, 0.2) is 24.3 Å². The number of thiophene rings is 1. The molecule has 1 aliphatic rings. The first-order valence-corrected chi connectivity index (χ1v) is 7.09. The maximum atomic E-state index is 5.51. The molecule has 0 saturated carbocycles. The van der Waals surface area contributed by atoms with E-state index in [9.17, 15) is 0 Å². The third kappa shape index (κ3) is 2.23. The minimum atomic E-state index is 0.821. The van der Waals surface area contributed by atoms with E-state index in [0.29, 0.717) is 0 Å². The smallest absolute Gasteiger partial charge is 0.122 e. The highest BCUT2D eigenvalue weighted by Gasteiger charge is 2.12. The van der Waals surface area contributed by atoms with E-state index in [1.807, 2.05) is 11.3 Å². The number of nitrogens with one attached hydrogen (secondary N) is 1. The Bertz CT molecular complexity index is 574. The van der Waals surface area contributed by atoms with Gasteiger partial charge in [-0.05, 0) is 49.2 Å². The molecule has 0 aliphatic carbocycles. The number of rotatable bonds is 3. The van der Waals surface area contributed by atoms with Gasteiger partial charge in [-0.2, -0.15) is 0 Å². The van der Waals surface area contributed by atoms with Gasteiger partial charge in [-0.25, -0.2) is 0 Å². The highest BCUT2D eigenvalue weighted by Crippen LogP contribution is 2.28. The maximum Gasteiger partial charge on any atom is 0.122 e. The molecular formula is C15H17NOS. The summed E-state index contributed by atoms with van der Waals surface area (Å²) in [6.45, 7) is 6.07. The summed E-state index contributed by atoms with van der Waals surface area (Å²) in [7, 11) is 0. The summed E-state index contributed by atoms with van der Waals surface area (Å²) in [6.07, 6.45) is 1.03. The zero-order chi connectivity index (χ0) is 12.5. The van der Waals surface area contributed by atoms with Gasteiger partial charge in [0, 0.05) is 28.4 Å². The fourth-order valence-electron chi connectivity index (χ4n) is 2.35. The lowest BCUT2D eigenvalue weighted by Crippen LogP contribution is -1.99. The summed E-state index contributed by atoms with van der Waals surface area (Å²) in [5.74, 6) is 1.04. The molecule has 3 rings (SSSR count). The molecule has 3 heteroatoms. The normalized spacial score (nSPS) is 13.2. The van der Waals surface area contributed by atoms with Crippen molar-refractivity contribution in [3.05, 3.63) is 45.1 Å². The molecule has 2 heterocycles. The largest absolute Gasteiger partial charge is 0.493 e. The van der Waals surface area contributed by atoms with Crippen LogP contribution in [0.1, 0.15) is 20.9 Å². The quantitative estimate of drug-likeness (QED) is 0.902. The van der Waals surface area contributed by atoms with Crippen molar-refractivity contribution in [2.24, 2.45) is 0 Å². The SMILES string of the molecule is Cc1cc(CNc2ccc3c(c2)CCO3)c(C)s1. The second kappa shape index (κ2) is 4.65. The van der Waals surface area contributed by atoms with Crippen molar-refractivity contribution < 1.29 is 4.74 Å². The van der Waals surface area contributed by atoms with E-state index in [1.165, 1.54) is 26.6 Å². The molecule has 0 spiro atoms. The molecular weight excluding hydrogens is 242 g/mol. The molecule has 1 aromatic carbocycles. The van der Waals surface area contributed by atoms with Gasteiger partial charge < -0.3 is 10.1 Å². The molecule has 0 atom stereocenters. The van der Waals surface area contributed by atoms with E-state index in [2.05, 4.69) is 43.4 Å². The minimum Gasteiger partial charge on any atom is -0.493 e. The van der Waals surface area contributed by atoms with Crippen molar-refractivity contribution >= 4 is 17.0 Å². The average molecular weight is 259 g/mol. The number of anilines is 1. The molecule has 1 aliphatic heterocycles. The van der Waals surface area contributed by atoms with Gasteiger partial charge in [0.15, 0.2) is 0 Å². The van der Waals surface area contributed by atoms with E-state index in [1.54, 1.807) is 0 Å². The summed E-state index contributed by atoms with van der Waals surface area (Å²) < 4.78 is 5.51. The third-order valence-corrected chi connectivity index (χ3v) is 4.32. The van der Waals surface area contributed by atoms with Crippen LogP contribution >= 0.6 is 11.3 Å². The fourth-order valence-corrected chi connectivity index (χ4v) is 3.30. The van der Waals surface area contributed by atoms with Gasteiger partial charge in [0.1, 0.15) is 5.75 Å². The summed E-state index contributed by atoms with van der Waals surface area (Å²) in [6, 6.07) is 8.63. The van der Waals surface area contributed by atoms with Crippen LogP contribution in [0.25, 0.3) is 0 Å². The summed E-state index contributed by atoms with van der Waals surface area (Å²) >= 11 is 1.86. The number of hydrogen-bond acceptors (Lipinski definition) is 3. The molecule has 0 radical (unpaired) electrons. The summed E-state index contributed by atoms with van der Waals surface area (Å²) in [4.78, 5) is 2.79. The number of fused-ring (bicyclic) bond motifs is 1. The van der Waals surface area contributed by atoms with Gasteiger partial charge in [-0.1, -0.05) is 0 Å². The van der Waals surface area contributed by atoms with Gasteiger partial charge in [0.25, 0.3) is 0 Å². The topological polar surface area (TPSA) is 21.3 Å². The Morgan fingerprint density at radius 1 is 1.28 bits per heavy atom. The van der Waals surface area contributed by atoms with Crippen LogP contribution in [0.2, 0.25) is 0 Å². The molecule has 18 heavy (non-hydrogen) atoms. The fraction of sp³-hybridized carbons (Fsp3) is 0.333. The molecule has 2 aromatic rings. The van der Waals surface area contributed by atoms with Crippen LogP contribution in [-0.2, 0) is 13.0 Å². The monoisotopic (exact) mass is 259 g/mol. The number of benzene rings is 1. The Kier molecular flexibility index (Phi) is 3.00. The van der Waals surface area contributed by atoms with Gasteiger partial charge in [0.2, 0.25) is 0 Å². The van der Waals surface area contributed by atoms with Crippen LogP contribution in [0.3, 0.4) is 0 Å². The van der Waals surface area contributed by atoms with Crippen LogP contribution < -0.4 is 10.1 Å². The van der Waals surface area contributed by atoms with E-state index in [4.69, 9.17) is 4.74 Å². The highest BCUT2D eigenvalue weighted by atomic mass is 32.1. The molecule has 0 saturated heterocycles. The highest BCUT2D eigenvalue weighted by molar-refractivity contribution is 7.12. The standard InChI is InChI=1S/C15H17NOS/c1-10-7-13(11(2)18-10)9-16-14-3-4-15-12(8-14)5-6-17-15/h3-4,7-8,16H,5-6,9H2,1-2H3. The van der Waals surface area contributed by atoms with Crippen molar-refractivity contribution in [3.63, 3.8) is 0 Å². The Hall–Kier alpha value is -1.48. The van der Waals surface area contributed by atoms with Crippen molar-refractivity contribution in [3.8, 4) is 5.75 Å². The van der Waals surface area contributed by atoms with Crippen LogP contribution in [-0.4, -0.2) is 6.61 Å². The van der Waals surface area contributed by atoms with Crippen molar-refractivity contribution in [1.29, 1.82) is 0 Å². The lowest BCUT2D eigenvalue weighted by atomic mass is 10.1. The van der Waals surface area contributed by atoms with Gasteiger partial charge in [0.05, 0.1) is 6.61 Å². The third-order valence-electron chi connectivity index (χ3n) is 3.32. The maximum absolute atomic E-state index is 5.51. The van der Waals surface area contributed by atoms with Crippen molar-refractivity contribution in [1.82, 2.24) is 0 Å². The molecule has 0 fully saturated rings. The summed E-state index contributed by atoms with van der Waals surface area (Å²) in [5, 5.41) is 3.50. The molecule has 1 aromatic heterocycles. The van der Waals surface area contributed by atoms with Gasteiger partial charge in [-0.15, -0.1) is 11.3 Å². The molecule has 94 valence electrons. The van der Waals surface area contributed by atoms with E-state index < -0.39 is 0 Å². The van der Waals surface area contributed by atoms with Crippen molar-refractivity contribution in [2.75, 3.05) is 11.9 Å². The summed E-state index contributed by atoms with van der Waals surface area (Å²) in [5.41, 5.74) is 3.90. The lowest BCUT2D eigenvalue weighted by Gasteiger charge is -2.07. The molecule has 1 N–H and O–H groups in total. The van der Waals surface area contributed by atoms with E-state index in [0.717, 1.165) is 25.3 Å². The first kappa shape index (κ1) is 11.6. The van der Waals surface area contributed by atoms with Gasteiger partial charge in [-0.3, -0.25) is 0 Å². The van der Waals surface area contributed by atoms with Gasteiger partial charge >= 0.3 is 0 Å². The second-order valence-corrected chi connectivity index (χ2v) is 6.17. The number of hydrogen-bond donors (Lipinski definition) is 1. The Morgan fingerprint density at radius 2 is 2.17 bits per heavy atom. The number of aryl methyl sites for hydroxylation is 2. The zero-order valence-electron chi connectivity index (χ0n) is 10.7. The predicted octanol–water partition coefficient (Wildman–Crippen LogP) is 3.91. The number of ether oxygens (including phenoxy) is 1. The van der Waals surface area contributed by atoms with Crippen LogP contribution in [0.5, 0.6) is 5.75 Å². The minimum absolute atomic E-state index is 0.821. The average Bonchev–Trinajstić information content (AvgIpc) is 2.92.